The molecule has 0 unspecified atom stereocenters. The number of nitrogens with zero attached hydrogens (tertiary/aromatic N) is 1. The van der Waals surface area contributed by atoms with Crippen molar-refractivity contribution in [1.29, 1.82) is 0 Å². The molecule has 0 N–H and O–H groups in total. The van der Waals surface area contributed by atoms with Crippen molar-refractivity contribution in [3.8, 4) is 0 Å². The van der Waals surface area contributed by atoms with E-state index in [-0.39, 0.29) is 29.9 Å². The van der Waals surface area contributed by atoms with Gasteiger partial charge in [0.05, 0.1) is 29.9 Å². The molecule has 1 aliphatic heterocycles. The van der Waals surface area contributed by atoms with Crippen LogP contribution in [-0.4, -0.2) is 97.1 Å². The Morgan fingerprint density at radius 2 is 1.04 bits per heavy atom. The normalized spacial score (nSPS) is 17.9. The third kappa shape index (κ3) is 10.5. The van der Waals surface area contributed by atoms with Gasteiger partial charge in [-0.2, -0.15) is 0 Å². The number of carbonyl (C=O) groups is 7. The molecule has 0 aliphatic carbocycles. The number of ether oxygens (including phenoxy) is 7. The summed E-state index contributed by atoms with van der Waals surface area (Å²) in [4.78, 5) is 93.4. The molecule has 54 heavy (non-hydrogen) atoms. The summed E-state index contributed by atoms with van der Waals surface area (Å²) in [5, 5.41) is 0. The molecule has 284 valence electrons. The van der Waals surface area contributed by atoms with Gasteiger partial charge >= 0.3 is 41.8 Å². The van der Waals surface area contributed by atoms with Crippen molar-refractivity contribution in [3.05, 3.63) is 119 Å². The summed E-state index contributed by atoms with van der Waals surface area (Å²) in [7, 11) is 0. The second-order valence-corrected chi connectivity index (χ2v) is 11.5. The van der Waals surface area contributed by atoms with Gasteiger partial charge in [0.15, 0.2) is 23.9 Å². The SMILES string of the molecule is CCOC(=O)C(=CN1[C@@H]([C@@H](COC(=O)c2ccccc2)OC(C)=O)[C@H](OC(=O)c2ccccc2)[C@@H](OC(=O)c2ccccc2)[C@@H]1OC(C)=O)C(=O)OCC. The van der Waals surface area contributed by atoms with Crippen LogP contribution < -0.4 is 0 Å². The van der Waals surface area contributed by atoms with Crippen molar-refractivity contribution in [2.75, 3.05) is 19.8 Å². The molecule has 15 nitrogen and oxygen atoms in total. The van der Waals surface area contributed by atoms with Crippen LogP contribution in [0.3, 0.4) is 0 Å². The van der Waals surface area contributed by atoms with Gasteiger partial charge in [0.2, 0.25) is 6.23 Å². The zero-order chi connectivity index (χ0) is 39.2. The Morgan fingerprint density at radius 3 is 1.46 bits per heavy atom. The van der Waals surface area contributed by atoms with Crippen molar-refractivity contribution in [2.45, 2.75) is 58.3 Å². The van der Waals surface area contributed by atoms with Crippen LogP contribution in [-0.2, 0) is 52.3 Å². The highest BCUT2D eigenvalue weighted by Crippen LogP contribution is 2.36. The van der Waals surface area contributed by atoms with Crippen LogP contribution in [0.15, 0.2) is 103 Å². The van der Waals surface area contributed by atoms with Crippen LogP contribution in [0.25, 0.3) is 0 Å². The number of esters is 7. The van der Waals surface area contributed by atoms with Crippen molar-refractivity contribution >= 4 is 41.8 Å². The Kier molecular flexibility index (Phi) is 14.4. The van der Waals surface area contributed by atoms with E-state index < -0.39 is 84.5 Å². The Labute approximate surface area is 310 Å². The zero-order valence-electron chi connectivity index (χ0n) is 29.9. The topological polar surface area (TPSA) is 187 Å². The van der Waals surface area contributed by atoms with E-state index in [0.717, 1.165) is 24.9 Å². The molecule has 5 atom stereocenters. The molecule has 4 rings (SSSR count). The summed E-state index contributed by atoms with van der Waals surface area (Å²) in [5.74, 6) is -6.85. The van der Waals surface area contributed by atoms with Crippen LogP contribution in [0.4, 0.5) is 0 Å². The first kappa shape index (κ1) is 40.3. The minimum absolute atomic E-state index is 0.0562. The van der Waals surface area contributed by atoms with E-state index in [1.165, 1.54) is 50.2 Å². The number of rotatable bonds is 15. The largest absolute Gasteiger partial charge is 0.462 e. The minimum Gasteiger partial charge on any atom is -0.462 e. The molecule has 3 aromatic rings. The van der Waals surface area contributed by atoms with Gasteiger partial charge in [-0.05, 0) is 50.2 Å². The maximum absolute atomic E-state index is 13.7. The highest BCUT2D eigenvalue weighted by atomic mass is 16.6. The highest BCUT2D eigenvalue weighted by Gasteiger charge is 2.58. The van der Waals surface area contributed by atoms with Crippen molar-refractivity contribution in [3.63, 3.8) is 0 Å². The van der Waals surface area contributed by atoms with E-state index in [1.54, 1.807) is 54.6 Å². The fourth-order valence-electron chi connectivity index (χ4n) is 5.51. The maximum atomic E-state index is 13.7. The Bertz CT molecular complexity index is 1810. The summed E-state index contributed by atoms with van der Waals surface area (Å²) in [6.07, 6.45) is -5.91. The van der Waals surface area contributed by atoms with Gasteiger partial charge < -0.3 is 38.1 Å². The Morgan fingerprint density at radius 1 is 0.593 bits per heavy atom. The van der Waals surface area contributed by atoms with E-state index in [9.17, 15) is 33.6 Å². The van der Waals surface area contributed by atoms with E-state index in [0.29, 0.717) is 0 Å². The predicted molar refractivity (Wildman–Crippen MR) is 186 cm³/mol. The highest BCUT2D eigenvalue weighted by molar-refractivity contribution is 6.14. The van der Waals surface area contributed by atoms with Crippen LogP contribution in [0.1, 0.15) is 58.8 Å². The second kappa shape index (κ2) is 19.4. The third-order valence-corrected chi connectivity index (χ3v) is 7.73. The summed E-state index contributed by atoms with van der Waals surface area (Å²) in [6, 6.07) is 21.7. The first-order valence-electron chi connectivity index (χ1n) is 16.9. The number of hydrogen-bond donors (Lipinski definition) is 0. The molecular formula is C39H39NO14. The molecular weight excluding hydrogens is 706 g/mol. The van der Waals surface area contributed by atoms with E-state index in [1.807, 2.05) is 0 Å². The molecule has 15 heteroatoms. The lowest BCUT2D eigenvalue weighted by Crippen LogP contribution is -2.50. The van der Waals surface area contributed by atoms with E-state index in [2.05, 4.69) is 0 Å². The number of carbonyl (C=O) groups excluding carboxylic acids is 7. The van der Waals surface area contributed by atoms with Crippen molar-refractivity contribution < 1.29 is 66.7 Å². The molecule has 3 aromatic carbocycles. The molecule has 0 saturated carbocycles. The second-order valence-electron chi connectivity index (χ2n) is 11.5. The van der Waals surface area contributed by atoms with Crippen LogP contribution >= 0.6 is 0 Å². The fourth-order valence-corrected chi connectivity index (χ4v) is 5.51. The molecule has 1 heterocycles. The number of hydrogen-bond acceptors (Lipinski definition) is 15. The number of benzene rings is 3. The third-order valence-electron chi connectivity index (χ3n) is 7.73. The summed E-state index contributed by atoms with van der Waals surface area (Å²) < 4.78 is 39.1. The van der Waals surface area contributed by atoms with E-state index in [4.69, 9.17) is 33.2 Å². The van der Waals surface area contributed by atoms with Gasteiger partial charge in [-0.25, -0.2) is 24.0 Å². The molecule has 1 fully saturated rings. The minimum atomic E-state index is -1.77. The molecule has 0 spiro atoms. The summed E-state index contributed by atoms with van der Waals surface area (Å²) >= 11 is 0. The van der Waals surface area contributed by atoms with Crippen molar-refractivity contribution in [2.24, 2.45) is 0 Å². The zero-order valence-corrected chi connectivity index (χ0v) is 29.9. The molecule has 1 saturated heterocycles. The summed E-state index contributed by atoms with van der Waals surface area (Å²) in [5.41, 5.74) is -0.453. The van der Waals surface area contributed by atoms with Gasteiger partial charge in [-0.15, -0.1) is 0 Å². The van der Waals surface area contributed by atoms with Gasteiger partial charge in [-0.1, -0.05) is 54.6 Å². The number of likely N-dealkylation sites (tertiary alicyclic amines) is 1. The van der Waals surface area contributed by atoms with E-state index >= 15 is 0 Å². The average Bonchev–Trinajstić information content (AvgIpc) is 3.42. The molecule has 1 aliphatic rings. The van der Waals surface area contributed by atoms with Crippen molar-refractivity contribution in [1.82, 2.24) is 4.90 Å². The maximum Gasteiger partial charge on any atom is 0.347 e. The average molecular weight is 746 g/mol. The standard InChI is InChI=1S/C39H39NO14/c1-5-48-38(46)29(39(47)49-6-2)22-40-31(30(51-24(3)41)23-50-35(43)26-16-10-7-11-17-26)32(53-36(44)27-18-12-8-13-19-27)33(34(40)52-25(4)42)54-37(45)28-20-14-9-15-21-28/h7-22,30-34H,5-6,23H2,1-4H3/t30-,31+,32+,33-,34+/m1/s1. The molecule has 0 radical (unpaired) electrons. The molecule has 0 bridgehead atoms. The lowest BCUT2D eigenvalue weighted by molar-refractivity contribution is -0.164. The Balaban J connectivity index is 1.96. The first-order valence-corrected chi connectivity index (χ1v) is 16.9. The first-order chi connectivity index (χ1) is 25.9. The predicted octanol–water partition coefficient (Wildman–Crippen LogP) is 3.81. The lowest BCUT2D eigenvalue weighted by atomic mass is 10.0. The van der Waals surface area contributed by atoms with Crippen LogP contribution in [0.5, 0.6) is 0 Å². The van der Waals surface area contributed by atoms with Gasteiger partial charge in [-0.3, -0.25) is 9.59 Å². The van der Waals surface area contributed by atoms with Crippen LogP contribution in [0, 0.1) is 0 Å². The fraction of sp³-hybridized carbons (Fsp3) is 0.308. The monoisotopic (exact) mass is 745 g/mol. The van der Waals surface area contributed by atoms with Gasteiger partial charge in [0.25, 0.3) is 0 Å². The summed E-state index contributed by atoms with van der Waals surface area (Å²) in [6.45, 7) is 4.07. The molecule has 0 aromatic heterocycles. The molecule has 0 amide bonds. The Hall–Kier alpha value is -6.51. The van der Waals surface area contributed by atoms with Gasteiger partial charge in [0.1, 0.15) is 12.6 Å². The lowest BCUT2D eigenvalue weighted by Gasteiger charge is -2.34. The smallest absolute Gasteiger partial charge is 0.347 e. The van der Waals surface area contributed by atoms with Crippen LogP contribution in [0.2, 0.25) is 0 Å². The quantitative estimate of drug-likeness (QED) is 0.0718. The van der Waals surface area contributed by atoms with Gasteiger partial charge in [0, 0.05) is 20.0 Å².